The van der Waals surface area contributed by atoms with Gasteiger partial charge < -0.3 is 4.90 Å². The Morgan fingerprint density at radius 2 is 1.59 bits per heavy atom. The fourth-order valence-corrected chi connectivity index (χ4v) is 4.04. The summed E-state index contributed by atoms with van der Waals surface area (Å²) in [6.07, 6.45) is 0.592. The van der Waals surface area contributed by atoms with Gasteiger partial charge in [-0.05, 0) is 22.9 Å². The summed E-state index contributed by atoms with van der Waals surface area (Å²) < 4.78 is 0. The van der Waals surface area contributed by atoms with Gasteiger partial charge >= 0.3 is 0 Å². The lowest BCUT2D eigenvalue weighted by Gasteiger charge is -2.32. The molecule has 2 aliphatic rings. The first-order valence-corrected chi connectivity index (χ1v) is 8.29. The van der Waals surface area contributed by atoms with Crippen molar-refractivity contribution in [2.75, 3.05) is 6.54 Å². The van der Waals surface area contributed by atoms with E-state index in [0.717, 1.165) is 11.7 Å². The third-order valence-corrected chi connectivity index (χ3v) is 5.13. The van der Waals surface area contributed by atoms with Crippen LogP contribution < -0.4 is 0 Å². The van der Waals surface area contributed by atoms with Gasteiger partial charge in [-0.15, -0.1) is 0 Å². The number of fused-ring (bicyclic) bond motifs is 1. The van der Waals surface area contributed by atoms with Crippen LogP contribution in [0.25, 0.3) is 0 Å². The van der Waals surface area contributed by atoms with Crippen LogP contribution in [0, 0.1) is 0 Å². The average Bonchev–Trinajstić information content (AvgIpc) is 2.95. The van der Waals surface area contributed by atoms with Crippen molar-refractivity contribution in [3.05, 3.63) is 71.8 Å². The maximum atomic E-state index is 11.7. The zero-order valence-corrected chi connectivity index (χ0v) is 12.9. The number of benzene rings is 2. The van der Waals surface area contributed by atoms with Crippen LogP contribution in [-0.2, 0) is 4.79 Å². The molecule has 2 unspecified atom stereocenters. The smallest absolute Gasteiger partial charge is 0.198 e. The molecule has 0 radical (unpaired) electrons. The van der Waals surface area contributed by atoms with Crippen molar-refractivity contribution < 1.29 is 4.79 Å². The molecule has 1 fully saturated rings. The van der Waals surface area contributed by atoms with Gasteiger partial charge in [0.05, 0.1) is 6.04 Å². The van der Waals surface area contributed by atoms with Gasteiger partial charge in [0.15, 0.2) is 10.3 Å². The minimum absolute atomic E-state index is 0.0528. The van der Waals surface area contributed by atoms with Crippen LogP contribution in [0.3, 0.4) is 0 Å². The molecule has 2 atom stereocenters. The number of thioether (sulfide) groups is 1. The van der Waals surface area contributed by atoms with Crippen molar-refractivity contribution in [2.24, 2.45) is 4.99 Å². The van der Waals surface area contributed by atoms with Gasteiger partial charge in [0.2, 0.25) is 0 Å². The second-order valence-corrected chi connectivity index (χ2v) is 6.56. The lowest BCUT2D eigenvalue weighted by molar-refractivity contribution is -0.111. The number of amidine groups is 1. The molecule has 2 aromatic carbocycles. The average molecular weight is 308 g/mol. The molecule has 22 heavy (non-hydrogen) atoms. The summed E-state index contributed by atoms with van der Waals surface area (Å²) in [7, 11) is 0. The van der Waals surface area contributed by atoms with Gasteiger partial charge in [0.1, 0.15) is 6.04 Å². The van der Waals surface area contributed by atoms with Crippen LogP contribution in [0.4, 0.5) is 0 Å². The molecule has 0 aromatic heterocycles. The molecule has 4 rings (SSSR count). The fraction of sp³-hybridized carbons (Fsp3) is 0.222. The highest BCUT2D eigenvalue weighted by Crippen LogP contribution is 2.45. The van der Waals surface area contributed by atoms with E-state index in [2.05, 4.69) is 41.3 Å². The molecule has 0 saturated carbocycles. The SMILES string of the molecule is O=C1CCN2C(=NC(c3ccccc3)C2c2ccccc2)S1. The molecule has 0 aliphatic carbocycles. The lowest BCUT2D eigenvalue weighted by atomic mass is 9.94. The van der Waals surface area contributed by atoms with E-state index >= 15 is 0 Å². The van der Waals surface area contributed by atoms with Gasteiger partial charge in [0, 0.05) is 13.0 Å². The first-order chi connectivity index (χ1) is 10.8. The number of nitrogens with zero attached hydrogens (tertiary/aromatic N) is 2. The van der Waals surface area contributed by atoms with E-state index < -0.39 is 0 Å². The zero-order valence-electron chi connectivity index (χ0n) is 12.1. The Hall–Kier alpha value is -2.07. The monoisotopic (exact) mass is 308 g/mol. The summed E-state index contributed by atoms with van der Waals surface area (Å²) in [6, 6.07) is 21.1. The van der Waals surface area contributed by atoms with Crippen molar-refractivity contribution >= 4 is 22.0 Å². The van der Waals surface area contributed by atoms with Crippen molar-refractivity contribution in [1.82, 2.24) is 4.90 Å². The highest BCUT2D eigenvalue weighted by molar-refractivity contribution is 8.26. The third kappa shape index (κ3) is 2.33. The molecule has 0 bridgehead atoms. The van der Waals surface area contributed by atoms with Gasteiger partial charge in [0.25, 0.3) is 0 Å². The molecule has 2 aliphatic heterocycles. The van der Waals surface area contributed by atoms with Crippen LogP contribution in [0.2, 0.25) is 0 Å². The summed E-state index contributed by atoms with van der Waals surface area (Å²) >= 11 is 1.29. The Bertz CT molecular complexity index is 714. The largest absolute Gasteiger partial charge is 0.341 e. The minimum atomic E-state index is 0.0528. The van der Waals surface area contributed by atoms with E-state index in [1.165, 1.54) is 22.9 Å². The number of carbonyl (C=O) groups is 1. The molecule has 2 aromatic rings. The first-order valence-electron chi connectivity index (χ1n) is 7.48. The van der Waals surface area contributed by atoms with Crippen molar-refractivity contribution in [3.63, 3.8) is 0 Å². The normalized spacial score (nSPS) is 24.1. The summed E-state index contributed by atoms with van der Waals surface area (Å²) in [4.78, 5) is 18.9. The summed E-state index contributed by atoms with van der Waals surface area (Å²) in [5.41, 5.74) is 2.45. The summed E-state index contributed by atoms with van der Waals surface area (Å²) in [6.45, 7) is 0.758. The maximum absolute atomic E-state index is 11.7. The Morgan fingerprint density at radius 3 is 2.27 bits per heavy atom. The predicted octanol–water partition coefficient (Wildman–Crippen LogP) is 3.80. The van der Waals surface area contributed by atoms with Crippen LogP contribution in [0.15, 0.2) is 65.7 Å². The highest BCUT2D eigenvalue weighted by Gasteiger charge is 2.41. The van der Waals surface area contributed by atoms with E-state index in [4.69, 9.17) is 4.99 Å². The Kier molecular flexibility index (Phi) is 3.47. The molecule has 0 N–H and O–H groups in total. The Labute approximate surface area is 134 Å². The Balaban J connectivity index is 1.78. The van der Waals surface area contributed by atoms with Crippen LogP contribution in [-0.4, -0.2) is 21.7 Å². The molecular formula is C18H16N2OS. The van der Waals surface area contributed by atoms with Gasteiger partial charge in [-0.3, -0.25) is 9.79 Å². The van der Waals surface area contributed by atoms with E-state index in [0.29, 0.717) is 6.42 Å². The van der Waals surface area contributed by atoms with Crippen molar-refractivity contribution in [1.29, 1.82) is 0 Å². The van der Waals surface area contributed by atoms with E-state index in [1.807, 2.05) is 24.3 Å². The molecule has 1 saturated heterocycles. The maximum Gasteiger partial charge on any atom is 0.198 e. The lowest BCUT2D eigenvalue weighted by Crippen LogP contribution is -2.35. The van der Waals surface area contributed by atoms with Crippen molar-refractivity contribution in [3.8, 4) is 0 Å². The standard InChI is InChI=1S/C18H16N2OS/c21-15-11-12-20-17(14-9-5-2-6-10-14)16(19-18(20)22-15)13-7-3-1-4-8-13/h1-10,16-17H,11-12H2. The molecule has 110 valence electrons. The molecule has 2 heterocycles. The van der Waals surface area contributed by atoms with Crippen LogP contribution >= 0.6 is 11.8 Å². The van der Waals surface area contributed by atoms with Gasteiger partial charge in [-0.2, -0.15) is 0 Å². The topological polar surface area (TPSA) is 32.7 Å². The van der Waals surface area contributed by atoms with Gasteiger partial charge in [-0.1, -0.05) is 60.7 Å². The zero-order chi connectivity index (χ0) is 14.9. The summed E-state index contributed by atoms with van der Waals surface area (Å²) in [5, 5.41) is 1.09. The summed E-state index contributed by atoms with van der Waals surface area (Å²) in [5.74, 6) is 0. The van der Waals surface area contributed by atoms with E-state index in [9.17, 15) is 4.79 Å². The van der Waals surface area contributed by atoms with Crippen molar-refractivity contribution in [2.45, 2.75) is 18.5 Å². The molecule has 0 spiro atoms. The molecule has 4 heteroatoms. The number of aliphatic imine (C=N–C) groups is 1. The van der Waals surface area contributed by atoms with Crippen LogP contribution in [0.1, 0.15) is 29.6 Å². The van der Waals surface area contributed by atoms with E-state index in [-0.39, 0.29) is 17.2 Å². The molecule has 3 nitrogen and oxygen atoms in total. The minimum Gasteiger partial charge on any atom is -0.341 e. The molecule has 0 amide bonds. The number of carbonyl (C=O) groups excluding carboxylic acids is 1. The molecular weight excluding hydrogens is 292 g/mol. The van der Waals surface area contributed by atoms with Gasteiger partial charge in [-0.25, -0.2) is 0 Å². The van der Waals surface area contributed by atoms with Crippen LogP contribution in [0.5, 0.6) is 0 Å². The van der Waals surface area contributed by atoms with E-state index in [1.54, 1.807) is 0 Å². The Morgan fingerprint density at radius 1 is 0.955 bits per heavy atom. The highest BCUT2D eigenvalue weighted by atomic mass is 32.2. The third-order valence-electron chi connectivity index (χ3n) is 4.17. The fourth-order valence-electron chi connectivity index (χ4n) is 3.16. The quantitative estimate of drug-likeness (QED) is 0.846. The number of rotatable bonds is 2. The second kappa shape index (κ2) is 5.61. The predicted molar refractivity (Wildman–Crippen MR) is 89.7 cm³/mol. The number of hydrogen-bond acceptors (Lipinski definition) is 4. The number of hydrogen-bond donors (Lipinski definition) is 0. The second-order valence-electron chi connectivity index (χ2n) is 5.54. The first kappa shape index (κ1) is 13.6.